The maximum atomic E-state index is 12.5. The van der Waals surface area contributed by atoms with Crippen molar-refractivity contribution in [1.29, 1.82) is 0 Å². The van der Waals surface area contributed by atoms with E-state index in [1.165, 1.54) is 18.3 Å². The van der Waals surface area contributed by atoms with Crippen LogP contribution in [0.5, 0.6) is 11.6 Å². The highest BCUT2D eigenvalue weighted by atomic mass is 35.5. The molecule has 0 radical (unpaired) electrons. The third-order valence-corrected chi connectivity index (χ3v) is 2.76. The van der Waals surface area contributed by atoms with Crippen LogP contribution in [0, 0.1) is 0 Å². The van der Waals surface area contributed by atoms with Crippen molar-refractivity contribution in [3.8, 4) is 11.6 Å². The van der Waals surface area contributed by atoms with Crippen molar-refractivity contribution in [1.82, 2.24) is 4.98 Å². The Kier molecular flexibility index (Phi) is 4.04. The molecule has 8 heteroatoms. The monoisotopic (exact) mass is 317 g/mol. The van der Waals surface area contributed by atoms with Gasteiger partial charge in [0, 0.05) is 6.20 Å². The fourth-order valence-corrected chi connectivity index (χ4v) is 1.72. The predicted octanol–water partition coefficient (Wildman–Crippen LogP) is 4.24. The Morgan fingerprint density at radius 3 is 2.57 bits per heavy atom. The van der Waals surface area contributed by atoms with Gasteiger partial charge in [0.05, 0.1) is 10.6 Å². The van der Waals surface area contributed by atoms with Gasteiger partial charge in [-0.3, -0.25) is 0 Å². The summed E-state index contributed by atoms with van der Waals surface area (Å²) in [6, 6.07) is 5.13. The topological polar surface area (TPSA) is 59.4 Å². The highest BCUT2D eigenvalue weighted by molar-refractivity contribution is 6.32. The van der Waals surface area contributed by atoms with E-state index in [1.807, 2.05) is 0 Å². The van der Waals surface area contributed by atoms with Crippen LogP contribution < -0.4 is 4.74 Å². The van der Waals surface area contributed by atoms with Gasteiger partial charge in [-0.05, 0) is 30.3 Å². The van der Waals surface area contributed by atoms with Gasteiger partial charge in [0.2, 0.25) is 5.88 Å². The molecular weight excluding hydrogens is 311 g/mol. The van der Waals surface area contributed by atoms with Crippen LogP contribution >= 0.6 is 11.6 Å². The summed E-state index contributed by atoms with van der Waals surface area (Å²) >= 11 is 5.72. The number of carboxylic acid groups (broad SMARTS) is 1. The predicted molar refractivity (Wildman–Crippen MR) is 67.7 cm³/mol. The van der Waals surface area contributed by atoms with Crippen LogP contribution in [0.3, 0.4) is 0 Å². The fraction of sp³-hybridized carbons (Fsp3) is 0.0769. The molecule has 0 aliphatic rings. The van der Waals surface area contributed by atoms with Crippen LogP contribution in [0.15, 0.2) is 36.5 Å². The highest BCUT2D eigenvalue weighted by Gasteiger charge is 2.31. The second-order valence-electron chi connectivity index (χ2n) is 3.91. The first-order valence-electron chi connectivity index (χ1n) is 5.52. The SMILES string of the molecule is O=C(O)c1cccnc1Oc1ccc(C(F)(F)F)cc1Cl. The molecule has 2 aromatic rings. The maximum absolute atomic E-state index is 12.5. The number of pyridine rings is 1. The number of nitrogens with zero attached hydrogens (tertiary/aromatic N) is 1. The van der Waals surface area contributed by atoms with E-state index < -0.39 is 17.7 Å². The molecule has 0 saturated heterocycles. The van der Waals surface area contributed by atoms with Crippen LogP contribution in [0.1, 0.15) is 15.9 Å². The first-order chi connectivity index (χ1) is 9.79. The third-order valence-electron chi connectivity index (χ3n) is 2.47. The number of carbonyl (C=O) groups is 1. The van der Waals surface area contributed by atoms with E-state index in [4.69, 9.17) is 21.4 Å². The quantitative estimate of drug-likeness (QED) is 0.919. The molecule has 0 atom stereocenters. The number of benzene rings is 1. The summed E-state index contributed by atoms with van der Waals surface area (Å²) in [5.74, 6) is -1.65. The Bertz CT molecular complexity index is 689. The lowest BCUT2D eigenvalue weighted by molar-refractivity contribution is -0.137. The highest BCUT2D eigenvalue weighted by Crippen LogP contribution is 2.36. The summed E-state index contributed by atoms with van der Waals surface area (Å²) in [5.41, 5.74) is -1.16. The molecule has 2 rings (SSSR count). The average Bonchev–Trinajstić information content (AvgIpc) is 2.40. The van der Waals surface area contributed by atoms with E-state index >= 15 is 0 Å². The van der Waals surface area contributed by atoms with E-state index in [9.17, 15) is 18.0 Å². The molecular formula is C13H7ClF3NO3. The van der Waals surface area contributed by atoms with Crippen molar-refractivity contribution in [3.05, 3.63) is 52.7 Å². The van der Waals surface area contributed by atoms with E-state index in [2.05, 4.69) is 4.98 Å². The molecule has 4 nitrogen and oxygen atoms in total. The number of rotatable bonds is 3. The number of alkyl halides is 3. The largest absolute Gasteiger partial charge is 0.477 e. The second kappa shape index (κ2) is 5.61. The van der Waals surface area contributed by atoms with Crippen molar-refractivity contribution in [2.45, 2.75) is 6.18 Å². The van der Waals surface area contributed by atoms with Crippen LogP contribution in [0.4, 0.5) is 13.2 Å². The van der Waals surface area contributed by atoms with Crippen molar-refractivity contribution < 1.29 is 27.8 Å². The van der Waals surface area contributed by atoms with Gasteiger partial charge >= 0.3 is 12.1 Å². The molecule has 0 fully saturated rings. The molecule has 1 aromatic heterocycles. The molecule has 0 bridgehead atoms. The smallest absolute Gasteiger partial charge is 0.416 e. The number of hydrogen-bond donors (Lipinski definition) is 1. The average molecular weight is 318 g/mol. The molecule has 0 amide bonds. The van der Waals surface area contributed by atoms with Crippen molar-refractivity contribution >= 4 is 17.6 Å². The van der Waals surface area contributed by atoms with Gasteiger partial charge < -0.3 is 9.84 Å². The Morgan fingerprint density at radius 1 is 1.29 bits per heavy atom. The number of carboxylic acids is 1. The standard InChI is InChI=1S/C13H7ClF3NO3/c14-9-6-7(13(15,16)17)3-4-10(9)21-11-8(12(19)20)2-1-5-18-11/h1-6H,(H,19,20). The van der Waals surface area contributed by atoms with Gasteiger partial charge in [-0.2, -0.15) is 13.2 Å². The lowest BCUT2D eigenvalue weighted by atomic mass is 10.2. The van der Waals surface area contributed by atoms with Gasteiger partial charge in [-0.25, -0.2) is 9.78 Å². The summed E-state index contributed by atoms with van der Waals surface area (Å²) in [6.45, 7) is 0. The first-order valence-corrected chi connectivity index (χ1v) is 5.90. The van der Waals surface area contributed by atoms with Gasteiger partial charge in [0.1, 0.15) is 11.3 Å². The summed E-state index contributed by atoms with van der Waals surface area (Å²) in [5, 5.41) is 8.66. The molecule has 1 aromatic carbocycles. The molecule has 0 aliphatic heterocycles. The number of aromatic nitrogens is 1. The van der Waals surface area contributed by atoms with E-state index in [0.717, 1.165) is 12.1 Å². The van der Waals surface area contributed by atoms with Crippen LogP contribution in [0.25, 0.3) is 0 Å². The molecule has 0 aliphatic carbocycles. The van der Waals surface area contributed by atoms with Crippen molar-refractivity contribution in [2.75, 3.05) is 0 Å². The number of ether oxygens (including phenoxy) is 1. The third kappa shape index (κ3) is 3.43. The maximum Gasteiger partial charge on any atom is 0.416 e. The molecule has 1 N–H and O–H groups in total. The second-order valence-corrected chi connectivity index (χ2v) is 4.31. The molecule has 0 spiro atoms. The molecule has 0 unspecified atom stereocenters. The zero-order valence-corrected chi connectivity index (χ0v) is 10.9. The van der Waals surface area contributed by atoms with E-state index in [0.29, 0.717) is 6.07 Å². The first kappa shape index (κ1) is 15.1. The van der Waals surface area contributed by atoms with Crippen LogP contribution in [-0.4, -0.2) is 16.1 Å². The zero-order chi connectivity index (χ0) is 15.6. The summed E-state index contributed by atoms with van der Waals surface area (Å²) < 4.78 is 42.7. The number of hydrogen-bond acceptors (Lipinski definition) is 3. The van der Waals surface area contributed by atoms with Crippen molar-refractivity contribution in [2.24, 2.45) is 0 Å². The Hall–Kier alpha value is -2.28. The summed E-state index contributed by atoms with van der Waals surface area (Å²) in [6.07, 6.45) is -3.24. The van der Waals surface area contributed by atoms with Gasteiger partial charge in [0.15, 0.2) is 0 Å². The van der Waals surface area contributed by atoms with Crippen molar-refractivity contribution in [3.63, 3.8) is 0 Å². The summed E-state index contributed by atoms with van der Waals surface area (Å²) in [4.78, 5) is 14.7. The Morgan fingerprint density at radius 2 is 2.00 bits per heavy atom. The minimum atomic E-state index is -4.53. The van der Waals surface area contributed by atoms with Crippen LogP contribution in [0.2, 0.25) is 5.02 Å². The Labute approximate surface area is 121 Å². The lowest BCUT2D eigenvalue weighted by Gasteiger charge is -2.11. The lowest BCUT2D eigenvalue weighted by Crippen LogP contribution is -2.05. The van der Waals surface area contributed by atoms with Gasteiger partial charge in [0.25, 0.3) is 0 Å². The molecule has 110 valence electrons. The fourth-order valence-electron chi connectivity index (χ4n) is 1.50. The molecule has 1 heterocycles. The van der Waals surface area contributed by atoms with Gasteiger partial charge in [-0.15, -0.1) is 0 Å². The molecule has 0 saturated carbocycles. The Balaban J connectivity index is 2.35. The molecule has 21 heavy (non-hydrogen) atoms. The van der Waals surface area contributed by atoms with E-state index in [-0.39, 0.29) is 22.2 Å². The number of aromatic carboxylic acids is 1. The number of halogens is 4. The van der Waals surface area contributed by atoms with Crippen LogP contribution in [-0.2, 0) is 6.18 Å². The minimum Gasteiger partial charge on any atom is -0.477 e. The minimum absolute atomic E-state index is 0.120. The van der Waals surface area contributed by atoms with Gasteiger partial charge in [-0.1, -0.05) is 11.6 Å². The zero-order valence-electron chi connectivity index (χ0n) is 10.2. The summed E-state index contributed by atoms with van der Waals surface area (Å²) in [7, 11) is 0. The normalized spacial score (nSPS) is 11.2. The van der Waals surface area contributed by atoms with E-state index in [1.54, 1.807) is 0 Å².